The van der Waals surface area contributed by atoms with Crippen molar-refractivity contribution in [3.8, 4) is 0 Å². The van der Waals surface area contributed by atoms with Gasteiger partial charge in [-0.05, 0) is 38.2 Å². The number of amides is 1. The first kappa shape index (κ1) is 14.6. The van der Waals surface area contributed by atoms with Gasteiger partial charge < -0.3 is 4.90 Å². The summed E-state index contributed by atoms with van der Waals surface area (Å²) in [7, 11) is 0. The second kappa shape index (κ2) is 6.18. The van der Waals surface area contributed by atoms with E-state index >= 15 is 0 Å². The molecule has 2 atom stereocenters. The summed E-state index contributed by atoms with van der Waals surface area (Å²) in [6.45, 7) is 4.30. The van der Waals surface area contributed by atoms with Gasteiger partial charge in [-0.25, -0.2) is 0 Å². The quantitative estimate of drug-likeness (QED) is 0.898. The molecule has 0 aromatic heterocycles. The summed E-state index contributed by atoms with van der Waals surface area (Å²) < 4.78 is 0. The van der Waals surface area contributed by atoms with Crippen LogP contribution in [-0.2, 0) is 4.79 Å². The van der Waals surface area contributed by atoms with Gasteiger partial charge in [0.25, 0.3) is 0 Å². The molecule has 0 bridgehead atoms. The van der Waals surface area contributed by atoms with Gasteiger partial charge in [-0.3, -0.25) is 10.1 Å². The van der Waals surface area contributed by atoms with Crippen LogP contribution in [0.15, 0.2) is 24.3 Å². The van der Waals surface area contributed by atoms with Gasteiger partial charge in [0.2, 0.25) is 5.91 Å². The Morgan fingerprint density at radius 1 is 1.33 bits per heavy atom. The summed E-state index contributed by atoms with van der Waals surface area (Å²) in [5, 5.41) is 3.59. The van der Waals surface area contributed by atoms with Crippen molar-refractivity contribution in [2.45, 2.75) is 70.6 Å². The van der Waals surface area contributed by atoms with Crippen molar-refractivity contribution < 1.29 is 4.79 Å². The van der Waals surface area contributed by atoms with Crippen molar-refractivity contribution in [2.75, 3.05) is 0 Å². The molecule has 2 fully saturated rings. The Hall–Kier alpha value is -1.35. The summed E-state index contributed by atoms with van der Waals surface area (Å²) in [6, 6.07) is 9.01. The number of carbonyl (C=O) groups is 1. The maximum Gasteiger partial charge on any atom is 0.241 e. The van der Waals surface area contributed by atoms with Gasteiger partial charge in [-0.15, -0.1) is 0 Å². The number of unbranched alkanes of at least 4 members (excludes halogenated alkanes) is 1. The van der Waals surface area contributed by atoms with Gasteiger partial charge in [0.1, 0.15) is 6.17 Å². The van der Waals surface area contributed by atoms with E-state index in [2.05, 4.69) is 48.3 Å². The molecule has 2 unspecified atom stereocenters. The molecule has 1 heterocycles. The van der Waals surface area contributed by atoms with Gasteiger partial charge in [0.15, 0.2) is 0 Å². The lowest BCUT2D eigenvalue weighted by atomic mass is 9.90. The highest BCUT2D eigenvalue weighted by atomic mass is 16.2. The topological polar surface area (TPSA) is 32.3 Å². The molecule has 1 saturated heterocycles. The molecular formula is C18H26N2O. The predicted octanol–water partition coefficient (Wildman–Crippen LogP) is 3.54. The van der Waals surface area contributed by atoms with E-state index in [-0.39, 0.29) is 12.2 Å². The first-order chi connectivity index (χ1) is 10.2. The molecule has 2 aliphatic rings. The summed E-state index contributed by atoms with van der Waals surface area (Å²) >= 11 is 0. The van der Waals surface area contributed by atoms with Gasteiger partial charge >= 0.3 is 0 Å². The predicted molar refractivity (Wildman–Crippen MR) is 84.9 cm³/mol. The summed E-state index contributed by atoms with van der Waals surface area (Å²) in [6.07, 6.45) is 6.87. The second-order valence-corrected chi connectivity index (χ2v) is 6.51. The maximum absolute atomic E-state index is 12.8. The molecule has 1 aromatic rings. The summed E-state index contributed by atoms with van der Waals surface area (Å²) in [5.41, 5.74) is 2.49. The zero-order valence-electron chi connectivity index (χ0n) is 13.1. The van der Waals surface area contributed by atoms with Gasteiger partial charge in [-0.1, -0.05) is 49.6 Å². The fourth-order valence-electron chi connectivity index (χ4n) is 3.42. The zero-order chi connectivity index (χ0) is 14.8. The summed E-state index contributed by atoms with van der Waals surface area (Å²) in [5.74, 6) is 0.319. The Kier molecular flexibility index (Phi) is 4.29. The van der Waals surface area contributed by atoms with Crippen LogP contribution >= 0.6 is 0 Å². The smallest absolute Gasteiger partial charge is 0.241 e. The maximum atomic E-state index is 12.8. The highest BCUT2D eigenvalue weighted by Gasteiger charge is 2.44. The zero-order valence-corrected chi connectivity index (χ0v) is 13.1. The minimum atomic E-state index is 0.0102. The fourth-order valence-corrected chi connectivity index (χ4v) is 3.42. The molecule has 0 radical (unpaired) electrons. The van der Waals surface area contributed by atoms with Crippen molar-refractivity contribution in [3.05, 3.63) is 35.4 Å². The first-order valence-electron chi connectivity index (χ1n) is 8.35. The van der Waals surface area contributed by atoms with Crippen LogP contribution in [0, 0.1) is 6.92 Å². The third-order valence-corrected chi connectivity index (χ3v) is 4.86. The average Bonchev–Trinajstić information content (AvgIpc) is 2.73. The third kappa shape index (κ3) is 2.84. The van der Waals surface area contributed by atoms with E-state index < -0.39 is 0 Å². The standard InChI is InChI=1S/C18H26N2O/c1-3-4-11-16-18(21)20(15-9-6-10-15)17(19-16)14-8-5-7-13(2)12-14/h5,7-8,12,15-17,19H,3-4,6,9-11H2,1-2H3. The Morgan fingerprint density at radius 3 is 2.76 bits per heavy atom. The lowest BCUT2D eigenvalue weighted by Crippen LogP contribution is -2.44. The van der Waals surface area contributed by atoms with E-state index in [9.17, 15) is 4.79 Å². The number of nitrogens with one attached hydrogen (secondary N) is 1. The molecule has 3 rings (SSSR count). The van der Waals surface area contributed by atoms with E-state index in [1.807, 2.05) is 0 Å². The van der Waals surface area contributed by atoms with Gasteiger partial charge in [-0.2, -0.15) is 0 Å². The van der Waals surface area contributed by atoms with Crippen LogP contribution < -0.4 is 5.32 Å². The van der Waals surface area contributed by atoms with Gasteiger partial charge in [0.05, 0.1) is 6.04 Å². The van der Waals surface area contributed by atoms with Crippen LogP contribution in [0.2, 0.25) is 0 Å². The highest BCUT2D eigenvalue weighted by molar-refractivity contribution is 5.85. The highest BCUT2D eigenvalue weighted by Crippen LogP contribution is 2.36. The first-order valence-corrected chi connectivity index (χ1v) is 8.35. The van der Waals surface area contributed by atoms with E-state index in [0.29, 0.717) is 11.9 Å². The molecule has 0 spiro atoms. The van der Waals surface area contributed by atoms with Crippen LogP contribution in [0.3, 0.4) is 0 Å². The Labute approximate surface area is 127 Å². The number of carbonyl (C=O) groups excluding carboxylic acids is 1. The molecule has 1 aliphatic heterocycles. The van der Waals surface area contributed by atoms with Crippen molar-refractivity contribution in [3.63, 3.8) is 0 Å². The lowest BCUT2D eigenvalue weighted by molar-refractivity contribution is -0.134. The number of rotatable bonds is 5. The number of aryl methyl sites for hydroxylation is 1. The SMILES string of the molecule is CCCCC1NC(c2cccc(C)c2)N(C2CCC2)C1=O. The summed E-state index contributed by atoms with van der Waals surface area (Å²) in [4.78, 5) is 14.9. The molecule has 1 saturated carbocycles. The minimum absolute atomic E-state index is 0.0102. The van der Waals surface area contributed by atoms with Crippen LogP contribution in [-0.4, -0.2) is 22.9 Å². The molecule has 1 aliphatic carbocycles. The van der Waals surface area contributed by atoms with Crippen LogP contribution in [0.4, 0.5) is 0 Å². The molecule has 114 valence electrons. The largest absolute Gasteiger partial charge is 0.319 e. The fraction of sp³-hybridized carbons (Fsp3) is 0.611. The number of hydrogen-bond donors (Lipinski definition) is 1. The average molecular weight is 286 g/mol. The Bertz CT molecular complexity index is 510. The molecule has 1 N–H and O–H groups in total. The molecular weight excluding hydrogens is 260 g/mol. The van der Waals surface area contributed by atoms with Crippen molar-refractivity contribution >= 4 is 5.91 Å². The Morgan fingerprint density at radius 2 is 2.14 bits per heavy atom. The monoisotopic (exact) mass is 286 g/mol. The molecule has 3 nitrogen and oxygen atoms in total. The van der Waals surface area contributed by atoms with Crippen LogP contribution in [0.25, 0.3) is 0 Å². The second-order valence-electron chi connectivity index (χ2n) is 6.51. The van der Waals surface area contributed by atoms with E-state index in [1.54, 1.807) is 0 Å². The third-order valence-electron chi connectivity index (χ3n) is 4.86. The number of benzene rings is 1. The molecule has 1 amide bonds. The van der Waals surface area contributed by atoms with Crippen molar-refractivity contribution in [1.82, 2.24) is 10.2 Å². The molecule has 3 heteroatoms. The normalized spacial score (nSPS) is 26.2. The number of nitrogens with zero attached hydrogens (tertiary/aromatic N) is 1. The van der Waals surface area contributed by atoms with Crippen LogP contribution in [0.5, 0.6) is 0 Å². The van der Waals surface area contributed by atoms with Gasteiger partial charge in [0, 0.05) is 6.04 Å². The van der Waals surface area contributed by atoms with E-state index in [0.717, 1.165) is 32.1 Å². The van der Waals surface area contributed by atoms with E-state index in [1.165, 1.54) is 17.5 Å². The number of hydrogen-bond acceptors (Lipinski definition) is 2. The molecule has 1 aromatic carbocycles. The van der Waals surface area contributed by atoms with Crippen molar-refractivity contribution in [1.29, 1.82) is 0 Å². The Balaban J connectivity index is 1.83. The minimum Gasteiger partial charge on any atom is -0.319 e. The van der Waals surface area contributed by atoms with Crippen LogP contribution in [0.1, 0.15) is 62.7 Å². The van der Waals surface area contributed by atoms with Crippen molar-refractivity contribution in [2.24, 2.45) is 0 Å². The molecule has 21 heavy (non-hydrogen) atoms. The van der Waals surface area contributed by atoms with E-state index in [4.69, 9.17) is 0 Å². The lowest BCUT2D eigenvalue weighted by Gasteiger charge is -2.38.